The summed E-state index contributed by atoms with van der Waals surface area (Å²) in [6.07, 6.45) is 1.89. The Labute approximate surface area is 304 Å². The van der Waals surface area contributed by atoms with Crippen molar-refractivity contribution in [1.82, 2.24) is 4.57 Å². The van der Waals surface area contributed by atoms with Crippen LogP contribution in [0.25, 0.3) is 66.9 Å². The molecular weight excluding hydrogens is 629 g/mol. The number of rotatable bonds is 8. The zero-order valence-electron chi connectivity index (χ0n) is 28.7. The number of hydrogen-bond donors (Lipinski definition) is 0. The number of benzene rings is 8. The smallest absolute Gasteiger partial charge is 0.0541 e. The number of nitrogens with zero attached hydrogens (tertiary/aromatic N) is 2. The van der Waals surface area contributed by atoms with E-state index in [0.717, 1.165) is 28.3 Å². The lowest BCUT2D eigenvalue weighted by molar-refractivity contribution is 1.18. The quantitative estimate of drug-likeness (QED) is 0.157. The molecule has 0 amide bonds. The zero-order chi connectivity index (χ0) is 34.9. The maximum atomic E-state index is 3.92. The normalized spacial score (nSPS) is 11.2. The lowest BCUT2D eigenvalue weighted by atomic mass is 9.98. The Hall–Kier alpha value is -6.90. The van der Waals surface area contributed by atoms with E-state index in [4.69, 9.17) is 0 Å². The van der Waals surface area contributed by atoms with E-state index >= 15 is 0 Å². The molecule has 52 heavy (non-hydrogen) atoms. The Morgan fingerprint density at radius 2 is 0.731 bits per heavy atom. The van der Waals surface area contributed by atoms with E-state index in [1.807, 2.05) is 6.08 Å². The molecule has 9 aromatic rings. The van der Waals surface area contributed by atoms with Gasteiger partial charge in [0, 0.05) is 33.5 Å². The van der Waals surface area contributed by atoms with Gasteiger partial charge in [-0.1, -0.05) is 140 Å². The molecule has 0 unspecified atom stereocenters. The van der Waals surface area contributed by atoms with Crippen molar-refractivity contribution in [2.45, 2.75) is 0 Å². The molecule has 0 saturated heterocycles. The minimum atomic E-state index is 1.12. The van der Waals surface area contributed by atoms with Gasteiger partial charge >= 0.3 is 0 Å². The first-order valence-electron chi connectivity index (χ1n) is 17.7. The SMILES string of the molecule is C=Cc1ccc(-c2ccc3c(c2)c2cc(-c4ccc(-c5ccc(N(c6ccccc6)c6ccccc6)cc5)cc4)ccc2n3-c2ccccc2)cc1. The third-order valence-electron chi connectivity index (χ3n) is 9.97. The van der Waals surface area contributed by atoms with Gasteiger partial charge in [0.2, 0.25) is 0 Å². The Balaban J connectivity index is 1.07. The second-order valence-corrected chi connectivity index (χ2v) is 13.1. The molecule has 0 spiro atoms. The molecule has 0 atom stereocenters. The molecule has 0 aliphatic carbocycles. The summed E-state index contributed by atoms with van der Waals surface area (Å²) in [4.78, 5) is 2.29. The molecule has 0 bridgehead atoms. The minimum Gasteiger partial charge on any atom is -0.311 e. The molecule has 0 N–H and O–H groups in total. The van der Waals surface area contributed by atoms with Crippen LogP contribution in [-0.4, -0.2) is 4.57 Å². The molecule has 0 fully saturated rings. The maximum absolute atomic E-state index is 3.92. The Morgan fingerprint density at radius 1 is 0.365 bits per heavy atom. The molecule has 2 nitrogen and oxygen atoms in total. The summed E-state index contributed by atoms with van der Waals surface area (Å²) in [7, 11) is 0. The Bertz CT molecular complexity index is 2600. The van der Waals surface area contributed by atoms with Crippen LogP contribution >= 0.6 is 0 Å². The van der Waals surface area contributed by atoms with Gasteiger partial charge < -0.3 is 9.47 Å². The van der Waals surface area contributed by atoms with Gasteiger partial charge in [0.05, 0.1) is 11.0 Å². The molecule has 8 aromatic carbocycles. The van der Waals surface area contributed by atoms with Gasteiger partial charge in [-0.2, -0.15) is 0 Å². The van der Waals surface area contributed by atoms with Crippen molar-refractivity contribution >= 4 is 44.9 Å². The second kappa shape index (κ2) is 13.4. The Morgan fingerprint density at radius 3 is 1.19 bits per heavy atom. The highest BCUT2D eigenvalue weighted by Gasteiger charge is 2.15. The molecule has 246 valence electrons. The van der Waals surface area contributed by atoms with Crippen LogP contribution in [0.4, 0.5) is 17.1 Å². The fourth-order valence-electron chi connectivity index (χ4n) is 7.31. The third-order valence-corrected chi connectivity index (χ3v) is 9.97. The maximum Gasteiger partial charge on any atom is 0.0541 e. The Kier molecular flexibility index (Phi) is 8.03. The van der Waals surface area contributed by atoms with E-state index in [0.29, 0.717) is 0 Å². The van der Waals surface area contributed by atoms with Gasteiger partial charge in [-0.05, 0) is 112 Å². The topological polar surface area (TPSA) is 8.17 Å². The summed E-state index contributed by atoms with van der Waals surface area (Å²) in [6, 6.07) is 71.8. The van der Waals surface area contributed by atoms with Crippen LogP contribution in [0.5, 0.6) is 0 Å². The fourth-order valence-corrected chi connectivity index (χ4v) is 7.31. The summed E-state index contributed by atoms with van der Waals surface area (Å²) in [5, 5.41) is 2.48. The van der Waals surface area contributed by atoms with Crippen LogP contribution in [0.3, 0.4) is 0 Å². The lowest BCUT2D eigenvalue weighted by Crippen LogP contribution is -2.09. The van der Waals surface area contributed by atoms with Crippen LogP contribution in [0.2, 0.25) is 0 Å². The first kappa shape index (κ1) is 31.1. The molecule has 0 aliphatic rings. The molecule has 1 heterocycles. The number of fused-ring (bicyclic) bond motifs is 3. The van der Waals surface area contributed by atoms with Crippen molar-refractivity contribution in [2.75, 3.05) is 4.90 Å². The van der Waals surface area contributed by atoms with E-state index in [1.165, 1.54) is 55.2 Å². The first-order chi connectivity index (χ1) is 25.7. The van der Waals surface area contributed by atoms with Crippen molar-refractivity contribution in [2.24, 2.45) is 0 Å². The van der Waals surface area contributed by atoms with Crippen molar-refractivity contribution < 1.29 is 0 Å². The van der Waals surface area contributed by atoms with Gasteiger partial charge in [0.25, 0.3) is 0 Å². The fraction of sp³-hybridized carbons (Fsp3) is 0. The number of para-hydroxylation sites is 3. The molecule has 2 heteroatoms. The van der Waals surface area contributed by atoms with Crippen LogP contribution in [-0.2, 0) is 0 Å². The number of hydrogen-bond acceptors (Lipinski definition) is 1. The largest absolute Gasteiger partial charge is 0.311 e. The average molecular weight is 665 g/mol. The molecule has 0 radical (unpaired) electrons. The monoisotopic (exact) mass is 664 g/mol. The summed E-state index contributed by atoms with van der Waals surface area (Å²) in [6.45, 7) is 3.92. The molecule has 9 rings (SSSR count). The van der Waals surface area contributed by atoms with Crippen LogP contribution in [0.1, 0.15) is 5.56 Å². The highest BCUT2D eigenvalue weighted by molar-refractivity contribution is 6.11. The molecule has 0 saturated carbocycles. The predicted molar refractivity (Wildman–Crippen MR) is 222 cm³/mol. The van der Waals surface area contributed by atoms with E-state index in [-0.39, 0.29) is 0 Å². The molecular formula is C50H36N2. The minimum absolute atomic E-state index is 1.12. The van der Waals surface area contributed by atoms with Gasteiger partial charge in [-0.15, -0.1) is 0 Å². The van der Waals surface area contributed by atoms with Crippen LogP contribution < -0.4 is 4.90 Å². The van der Waals surface area contributed by atoms with Gasteiger partial charge in [-0.3, -0.25) is 0 Å². The van der Waals surface area contributed by atoms with Crippen LogP contribution in [0.15, 0.2) is 207 Å². The van der Waals surface area contributed by atoms with Crippen LogP contribution in [0, 0.1) is 0 Å². The summed E-state index contributed by atoms with van der Waals surface area (Å²) >= 11 is 0. The standard InChI is InChI=1S/C50H36N2/c1-2-36-18-20-39(21-19-36)41-28-32-49-47(34-41)48-35-42(29-33-50(48)52(49)45-16-10-5-11-17-45)40-24-22-37(23-25-40)38-26-30-46(31-27-38)51(43-12-6-3-7-13-43)44-14-8-4-9-15-44/h2-35H,1H2. The van der Waals surface area contributed by atoms with Gasteiger partial charge in [-0.25, -0.2) is 0 Å². The predicted octanol–water partition coefficient (Wildman–Crippen LogP) is 13.9. The van der Waals surface area contributed by atoms with Crippen molar-refractivity contribution in [1.29, 1.82) is 0 Å². The van der Waals surface area contributed by atoms with Crippen molar-refractivity contribution in [3.05, 3.63) is 212 Å². The van der Waals surface area contributed by atoms with E-state index < -0.39 is 0 Å². The lowest BCUT2D eigenvalue weighted by Gasteiger charge is -2.25. The van der Waals surface area contributed by atoms with E-state index in [2.05, 4.69) is 216 Å². The van der Waals surface area contributed by atoms with Crippen molar-refractivity contribution in [3.63, 3.8) is 0 Å². The van der Waals surface area contributed by atoms with E-state index in [1.54, 1.807) is 0 Å². The summed E-state index contributed by atoms with van der Waals surface area (Å²) in [5.41, 5.74) is 15.2. The molecule has 1 aromatic heterocycles. The second-order valence-electron chi connectivity index (χ2n) is 13.1. The van der Waals surface area contributed by atoms with Gasteiger partial charge in [0.15, 0.2) is 0 Å². The first-order valence-corrected chi connectivity index (χ1v) is 17.7. The molecule has 0 aliphatic heterocycles. The summed E-state index contributed by atoms with van der Waals surface area (Å²) < 4.78 is 2.38. The summed E-state index contributed by atoms with van der Waals surface area (Å²) in [5.74, 6) is 0. The number of aromatic nitrogens is 1. The number of anilines is 3. The average Bonchev–Trinajstić information content (AvgIpc) is 3.55. The highest BCUT2D eigenvalue weighted by Crippen LogP contribution is 2.39. The van der Waals surface area contributed by atoms with Gasteiger partial charge in [0.1, 0.15) is 0 Å². The highest BCUT2D eigenvalue weighted by atomic mass is 15.1. The zero-order valence-corrected chi connectivity index (χ0v) is 28.7. The van der Waals surface area contributed by atoms with Crippen molar-refractivity contribution in [3.8, 4) is 39.1 Å². The van der Waals surface area contributed by atoms with E-state index in [9.17, 15) is 0 Å². The third kappa shape index (κ3) is 5.77.